The zero-order valence-electron chi connectivity index (χ0n) is 11.8. The third-order valence-electron chi connectivity index (χ3n) is 3.10. The zero-order valence-corrected chi connectivity index (χ0v) is 12.5. The summed E-state index contributed by atoms with van der Waals surface area (Å²) in [5, 5.41) is 4.62. The van der Waals surface area contributed by atoms with Gasteiger partial charge >= 0.3 is 0 Å². The molecule has 0 aliphatic carbocycles. The van der Waals surface area contributed by atoms with Crippen LogP contribution in [0.25, 0.3) is 0 Å². The molecule has 0 spiro atoms. The van der Waals surface area contributed by atoms with Gasteiger partial charge in [0.25, 0.3) is 0 Å². The van der Waals surface area contributed by atoms with Crippen LogP contribution < -0.4 is 15.2 Å². The zero-order chi connectivity index (χ0) is 14.7. The summed E-state index contributed by atoms with van der Waals surface area (Å²) in [5.74, 6) is 1.10. The van der Waals surface area contributed by atoms with E-state index in [1.54, 1.807) is 18.9 Å². The van der Waals surface area contributed by atoms with Crippen LogP contribution in [0.1, 0.15) is 17.2 Å². The van der Waals surface area contributed by atoms with E-state index in [2.05, 4.69) is 5.10 Å². The lowest BCUT2D eigenvalue weighted by atomic mass is 10.0. The lowest BCUT2D eigenvalue weighted by Crippen LogP contribution is -2.13. The van der Waals surface area contributed by atoms with Crippen LogP contribution in [-0.2, 0) is 13.5 Å². The Bertz CT molecular complexity index is 598. The van der Waals surface area contributed by atoms with Crippen LogP contribution in [0.4, 0.5) is 0 Å². The van der Waals surface area contributed by atoms with E-state index in [1.165, 1.54) is 0 Å². The Hall–Kier alpha value is -1.72. The van der Waals surface area contributed by atoms with Crippen LogP contribution in [0, 0.1) is 0 Å². The van der Waals surface area contributed by atoms with Crippen LogP contribution in [0.5, 0.6) is 11.5 Å². The standard InChI is InChI=1S/C14H18ClN3O2/c1-18-8-9(7-17-18)4-12(16)10-5-11(15)14(20-3)13(6-10)19-2/h5-8,12H,4,16H2,1-3H3. The van der Waals surface area contributed by atoms with Gasteiger partial charge in [-0.3, -0.25) is 4.68 Å². The molecule has 5 nitrogen and oxygen atoms in total. The molecule has 1 aromatic heterocycles. The fourth-order valence-corrected chi connectivity index (χ4v) is 2.40. The van der Waals surface area contributed by atoms with E-state index in [9.17, 15) is 0 Å². The van der Waals surface area contributed by atoms with Crippen molar-refractivity contribution in [2.45, 2.75) is 12.5 Å². The first-order chi connectivity index (χ1) is 9.55. The molecule has 0 radical (unpaired) electrons. The summed E-state index contributed by atoms with van der Waals surface area (Å²) in [6, 6.07) is 3.48. The average molecular weight is 296 g/mol. The molecule has 20 heavy (non-hydrogen) atoms. The Kier molecular flexibility index (Phi) is 4.52. The highest BCUT2D eigenvalue weighted by Gasteiger charge is 2.15. The van der Waals surface area contributed by atoms with E-state index in [1.807, 2.05) is 31.6 Å². The van der Waals surface area contributed by atoms with Gasteiger partial charge in [0.15, 0.2) is 11.5 Å². The Morgan fingerprint density at radius 1 is 1.35 bits per heavy atom. The maximum atomic E-state index is 6.23. The third kappa shape index (κ3) is 3.05. The molecule has 0 saturated heterocycles. The van der Waals surface area contributed by atoms with Crippen molar-refractivity contribution in [3.63, 3.8) is 0 Å². The van der Waals surface area contributed by atoms with Gasteiger partial charge in [0.1, 0.15) is 0 Å². The second-order valence-corrected chi connectivity index (χ2v) is 4.98. The minimum atomic E-state index is -0.184. The number of aryl methyl sites for hydroxylation is 1. The summed E-state index contributed by atoms with van der Waals surface area (Å²) in [6.45, 7) is 0. The van der Waals surface area contributed by atoms with Crippen LogP contribution in [-0.4, -0.2) is 24.0 Å². The molecule has 0 aliphatic rings. The number of benzene rings is 1. The number of methoxy groups -OCH3 is 2. The molecule has 2 N–H and O–H groups in total. The maximum absolute atomic E-state index is 6.23. The van der Waals surface area contributed by atoms with Gasteiger partial charge in [-0.1, -0.05) is 11.6 Å². The lowest BCUT2D eigenvalue weighted by Gasteiger charge is -2.15. The number of halogens is 1. The van der Waals surface area contributed by atoms with E-state index in [0.717, 1.165) is 11.1 Å². The Morgan fingerprint density at radius 3 is 2.65 bits per heavy atom. The Labute approximate surface area is 123 Å². The first-order valence-electron chi connectivity index (χ1n) is 6.19. The number of hydrogen-bond donors (Lipinski definition) is 1. The summed E-state index contributed by atoms with van der Waals surface area (Å²) in [7, 11) is 5.01. The summed E-state index contributed by atoms with van der Waals surface area (Å²) in [6.07, 6.45) is 4.43. The monoisotopic (exact) mass is 295 g/mol. The third-order valence-corrected chi connectivity index (χ3v) is 3.38. The smallest absolute Gasteiger partial charge is 0.179 e. The van der Waals surface area contributed by atoms with Crippen molar-refractivity contribution in [3.8, 4) is 11.5 Å². The molecule has 0 aliphatic heterocycles. The molecule has 0 fully saturated rings. The van der Waals surface area contributed by atoms with Crippen molar-refractivity contribution in [2.24, 2.45) is 12.8 Å². The van der Waals surface area contributed by atoms with E-state index >= 15 is 0 Å². The van der Waals surface area contributed by atoms with Gasteiger partial charge in [0.2, 0.25) is 0 Å². The van der Waals surface area contributed by atoms with Gasteiger partial charge in [-0.15, -0.1) is 0 Å². The van der Waals surface area contributed by atoms with Gasteiger partial charge in [-0.2, -0.15) is 5.10 Å². The molecule has 1 atom stereocenters. The number of nitrogens with zero attached hydrogens (tertiary/aromatic N) is 2. The molecule has 1 heterocycles. The SMILES string of the molecule is COc1cc(C(N)Cc2cnn(C)c2)cc(Cl)c1OC. The molecule has 1 aromatic carbocycles. The molecular formula is C14H18ClN3O2. The van der Waals surface area contributed by atoms with Gasteiger partial charge < -0.3 is 15.2 Å². The van der Waals surface area contributed by atoms with Gasteiger partial charge in [-0.05, 0) is 29.7 Å². The summed E-state index contributed by atoms with van der Waals surface area (Å²) >= 11 is 6.19. The minimum absolute atomic E-state index is 0.184. The number of ether oxygens (including phenoxy) is 2. The molecule has 0 amide bonds. The minimum Gasteiger partial charge on any atom is -0.493 e. The van der Waals surface area contributed by atoms with Crippen LogP contribution in [0.15, 0.2) is 24.5 Å². The highest BCUT2D eigenvalue weighted by molar-refractivity contribution is 6.32. The fourth-order valence-electron chi connectivity index (χ4n) is 2.10. The normalized spacial score (nSPS) is 12.2. The summed E-state index contributed by atoms with van der Waals surface area (Å²) in [4.78, 5) is 0. The molecule has 1 unspecified atom stereocenters. The largest absolute Gasteiger partial charge is 0.493 e. The Morgan fingerprint density at radius 2 is 2.10 bits per heavy atom. The quantitative estimate of drug-likeness (QED) is 0.919. The predicted molar refractivity (Wildman–Crippen MR) is 78.4 cm³/mol. The average Bonchev–Trinajstić information content (AvgIpc) is 2.82. The number of hydrogen-bond acceptors (Lipinski definition) is 4. The van der Waals surface area contributed by atoms with E-state index < -0.39 is 0 Å². The second-order valence-electron chi connectivity index (χ2n) is 4.57. The van der Waals surface area contributed by atoms with Crippen LogP contribution in [0.2, 0.25) is 5.02 Å². The fraction of sp³-hybridized carbons (Fsp3) is 0.357. The molecule has 0 bridgehead atoms. The van der Waals surface area contributed by atoms with Crippen LogP contribution in [0.3, 0.4) is 0 Å². The van der Waals surface area contributed by atoms with Crippen molar-refractivity contribution in [1.82, 2.24) is 9.78 Å². The van der Waals surface area contributed by atoms with Crippen molar-refractivity contribution in [1.29, 1.82) is 0 Å². The Balaban J connectivity index is 2.25. The maximum Gasteiger partial charge on any atom is 0.179 e. The van der Waals surface area contributed by atoms with Crippen molar-refractivity contribution in [2.75, 3.05) is 14.2 Å². The summed E-state index contributed by atoms with van der Waals surface area (Å²) < 4.78 is 12.2. The number of aromatic nitrogens is 2. The van der Waals surface area contributed by atoms with Crippen molar-refractivity contribution >= 4 is 11.6 Å². The van der Waals surface area contributed by atoms with Gasteiger partial charge in [0.05, 0.1) is 25.4 Å². The number of rotatable bonds is 5. The van der Waals surface area contributed by atoms with Crippen LogP contribution >= 0.6 is 11.6 Å². The van der Waals surface area contributed by atoms with Crippen molar-refractivity contribution < 1.29 is 9.47 Å². The molecule has 6 heteroatoms. The second kappa shape index (κ2) is 6.15. The van der Waals surface area contributed by atoms with Gasteiger partial charge in [0, 0.05) is 19.3 Å². The van der Waals surface area contributed by atoms with Gasteiger partial charge in [-0.25, -0.2) is 0 Å². The first kappa shape index (κ1) is 14.7. The number of nitrogens with two attached hydrogens (primary N) is 1. The highest BCUT2D eigenvalue weighted by atomic mass is 35.5. The van der Waals surface area contributed by atoms with E-state index in [0.29, 0.717) is 22.9 Å². The van der Waals surface area contributed by atoms with Crippen molar-refractivity contribution in [3.05, 3.63) is 40.7 Å². The van der Waals surface area contributed by atoms with E-state index in [-0.39, 0.29) is 6.04 Å². The molecular weight excluding hydrogens is 278 g/mol. The molecule has 0 saturated carbocycles. The topological polar surface area (TPSA) is 62.3 Å². The molecule has 108 valence electrons. The first-order valence-corrected chi connectivity index (χ1v) is 6.57. The highest BCUT2D eigenvalue weighted by Crippen LogP contribution is 2.37. The molecule has 2 aromatic rings. The predicted octanol–water partition coefficient (Wildman–Crippen LogP) is 2.33. The summed E-state index contributed by atoms with van der Waals surface area (Å²) in [5.41, 5.74) is 8.20. The van der Waals surface area contributed by atoms with E-state index in [4.69, 9.17) is 26.8 Å². The molecule has 2 rings (SSSR count). The lowest BCUT2D eigenvalue weighted by molar-refractivity contribution is 0.354.